The number of hydrogen-bond acceptors (Lipinski definition) is 7. The van der Waals surface area contributed by atoms with Crippen LogP contribution in [0, 0.1) is 10.1 Å². The molecular formula is C28H21N3O5S. The molecule has 3 aromatic carbocycles. The van der Waals surface area contributed by atoms with Crippen LogP contribution in [0.2, 0.25) is 0 Å². The lowest BCUT2D eigenvalue weighted by molar-refractivity contribution is -0.384. The summed E-state index contributed by atoms with van der Waals surface area (Å²) in [6.07, 6.45) is 0. The molecule has 2 heterocycles. The predicted molar refractivity (Wildman–Crippen MR) is 143 cm³/mol. The van der Waals surface area contributed by atoms with Gasteiger partial charge in [-0.05, 0) is 60.8 Å². The van der Waals surface area contributed by atoms with Crippen LogP contribution in [0.1, 0.15) is 40.2 Å². The highest BCUT2D eigenvalue weighted by atomic mass is 32.1. The van der Waals surface area contributed by atoms with Gasteiger partial charge in [-0.1, -0.05) is 17.3 Å². The van der Waals surface area contributed by atoms with Crippen LogP contribution in [0.5, 0.6) is 0 Å². The second-order valence-electron chi connectivity index (χ2n) is 8.34. The van der Waals surface area contributed by atoms with Gasteiger partial charge in [0.25, 0.3) is 5.69 Å². The molecule has 0 saturated carbocycles. The van der Waals surface area contributed by atoms with Crippen molar-refractivity contribution < 1.29 is 19.3 Å². The van der Waals surface area contributed by atoms with E-state index in [1.165, 1.54) is 30.4 Å². The van der Waals surface area contributed by atoms with Crippen LogP contribution in [0.25, 0.3) is 21.8 Å². The average molecular weight is 512 g/mol. The Morgan fingerprint density at radius 3 is 2.14 bits per heavy atom. The van der Waals surface area contributed by atoms with E-state index in [1.807, 2.05) is 53.9 Å². The third kappa shape index (κ3) is 4.52. The maximum atomic E-state index is 13.0. The molecule has 5 aromatic rings. The molecule has 0 aliphatic heterocycles. The smallest absolute Gasteiger partial charge is 0.332 e. The molecule has 0 aliphatic carbocycles. The Morgan fingerprint density at radius 2 is 1.57 bits per heavy atom. The van der Waals surface area contributed by atoms with Crippen molar-refractivity contribution in [2.45, 2.75) is 20.4 Å². The first-order valence-corrected chi connectivity index (χ1v) is 12.4. The standard InChI is InChI=1S/C28H21N3O5S/c1-3-30-24-12-8-19(27(29-36-17(2)32)18-6-10-21(11-7-18)31(34)35)15-22(24)23-16-20(9-13-25(23)30)28(33)26-5-4-14-37-26/h4-16H,3H2,1-2H3/b29-27+. The van der Waals surface area contributed by atoms with Crippen LogP contribution in [0.4, 0.5) is 5.69 Å². The third-order valence-electron chi connectivity index (χ3n) is 6.08. The van der Waals surface area contributed by atoms with Crippen LogP contribution >= 0.6 is 11.3 Å². The number of fused-ring (bicyclic) bond motifs is 3. The maximum absolute atomic E-state index is 13.0. The monoisotopic (exact) mass is 511 g/mol. The molecule has 0 saturated heterocycles. The molecule has 5 rings (SSSR count). The Labute approximate surface area is 215 Å². The first-order chi connectivity index (χ1) is 17.9. The van der Waals surface area contributed by atoms with Gasteiger partial charge < -0.3 is 9.40 Å². The molecule has 0 spiro atoms. The molecule has 37 heavy (non-hydrogen) atoms. The predicted octanol–water partition coefficient (Wildman–Crippen LogP) is 6.33. The minimum absolute atomic E-state index is 0.0338. The second-order valence-corrected chi connectivity index (χ2v) is 9.29. The van der Waals surface area contributed by atoms with E-state index in [2.05, 4.69) is 16.6 Å². The number of rotatable bonds is 7. The molecule has 0 fully saturated rings. The lowest BCUT2D eigenvalue weighted by Crippen LogP contribution is -2.06. The van der Waals surface area contributed by atoms with E-state index in [9.17, 15) is 19.7 Å². The second kappa shape index (κ2) is 9.79. The molecule has 0 bridgehead atoms. The fourth-order valence-corrected chi connectivity index (χ4v) is 5.09. The number of nitro benzene ring substituents is 1. The summed E-state index contributed by atoms with van der Waals surface area (Å²) < 4.78 is 2.17. The first-order valence-electron chi connectivity index (χ1n) is 11.5. The Morgan fingerprint density at radius 1 is 0.946 bits per heavy atom. The van der Waals surface area contributed by atoms with E-state index in [1.54, 1.807) is 12.1 Å². The van der Waals surface area contributed by atoms with Crippen LogP contribution < -0.4 is 0 Å². The quantitative estimate of drug-likeness (QED) is 0.0835. The molecule has 184 valence electrons. The number of thiophene rings is 1. The van der Waals surface area contributed by atoms with Gasteiger partial charge in [0, 0.05) is 64.1 Å². The van der Waals surface area contributed by atoms with E-state index >= 15 is 0 Å². The first kappa shape index (κ1) is 24.1. The van der Waals surface area contributed by atoms with Gasteiger partial charge in [0.05, 0.1) is 9.80 Å². The minimum atomic E-state index is -0.584. The lowest BCUT2D eigenvalue weighted by atomic mass is 9.99. The van der Waals surface area contributed by atoms with Gasteiger partial charge in [-0.3, -0.25) is 14.9 Å². The number of nitro groups is 1. The topological polar surface area (TPSA) is 104 Å². The summed E-state index contributed by atoms with van der Waals surface area (Å²) in [5, 5.41) is 18.9. The summed E-state index contributed by atoms with van der Waals surface area (Å²) in [6, 6.07) is 21.0. The van der Waals surface area contributed by atoms with Gasteiger partial charge in [0.1, 0.15) is 5.71 Å². The van der Waals surface area contributed by atoms with Crippen LogP contribution in [-0.4, -0.2) is 27.0 Å². The van der Waals surface area contributed by atoms with Crippen molar-refractivity contribution in [1.29, 1.82) is 0 Å². The lowest BCUT2D eigenvalue weighted by Gasteiger charge is -2.08. The molecule has 9 heteroatoms. The highest BCUT2D eigenvalue weighted by molar-refractivity contribution is 7.12. The summed E-state index contributed by atoms with van der Waals surface area (Å²) in [7, 11) is 0. The largest absolute Gasteiger partial charge is 0.341 e. The SMILES string of the molecule is CCn1c2ccc(C(=O)c3cccs3)cc2c2cc(/C(=N/OC(C)=O)c3ccc([N+](=O)[O-])cc3)ccc21. The molecule has 0 unspecified atom stereocenters. The molecule has 0 atom stereocenters. The van der Waals surface area contributed by atoms with Crippen molar-refractivity contribution in [1.82, 2.24) is 4.57 Å². The highest BCUT2D eigenvalue weighted by Crippen LogP contribution is 2.32. The van der Waals surface area contributed by atoms with E-state index < -0.39 is 10.9 Å². The number of carbonyl (C=O) groups excluding carboxylic acids is 2. The normalized spacial score (nSPS) is 11.7. The fourth-order valence-electron chi connectivity index (χ4n) is 4.41. The van der Waals surface area contributed by atoms with Crippen molar-refractivity contribution in [2.75, 3.05) is 0 Å². The van der Waals surface area contributed by atoms with Crippen molar-refractivity contribution in [3.63, 3.8) is 0 Å². The zero-order chi connectivity index (χ0) is 26.1. The number of ketones is 1. The van der Waals surface area contributed by atoms with E-state index in [4.69, 9.17) is 4.84 Å². The highest BCUT2D eigenvalue weighted by Gasteiger charge is 2.18. The van der Waals surface area contributed by atoms with Crippen molar-refractivity contribution in [2.24, 2.45) is 5.16 Å². The molecule has 0 N–H and O–H groups in total. The van der Waals surface area contributed by atoms with Gasteiger partial charge in [-0.15, -0.1) is 11.3 Å². The molecule has 0 radical (unpaired) electrons. The zero-order valence-electron chi connectivity index (χ0n) is 20.0. The summed E-state index contributed by atoms with van der Waals surface area (Å²) in [5.41, 5.74) is 4.09. The maximum Gasteiger partial charge on any atom is 0.332 e. The Kier molecular flexibility index (Phi) is 6.37. The van der Waals surface area contributed by atoms with Gasteiger partial charge in [0.2, 0.25) is 5.78 Å². The summed E-state index contributed by atoms with van der Waals surface area (Å²) in [4.78, 5) is 40.8. The molecule has 8 nitrogen and oxygen atoms in total. The van der Waals surface area contributed by atoms with Crippen molar-refractivity contribution in [3.05, 3.63) is 110 Å². The molecule has 0 amide bonds. The number of benzene rings is 3. The van der Waals surface area contributed by atoms with Crippen LogP contribution in [0.15, 0.2) is 83.3 Å². The van der Waals surface area contributed by atoms with E-state index in [0.717, 1.165) is 28.4 Å². The average Bonchev–Trinajstić information content (AvgIpc) is 3.54. The van der Waals surface area contributed by atoms with E-state index in [0.29, 0.717) is 27.3 Å². The zero-order valence-corrected chi connectivity index (χ0v) is 20.8. The van der Waals surface area contributed by atoms with Crippen molar-refractivity contribution >= 4 is 56.3 Å². The molecule has 0 aliphatic rings. The van der Waals surface area contributed by atoms with Gasteiger partial charge in [-0.2, -0.15) is 0 Å². The van der Waals surface area contributed by atoms with Gasteiger partial charge in [-0.25, -0.2) is 4.79 Å². The Hall–Kier alpha value is -4.63. The number of oxime groups is 1. The number of aromatic nitrogens is 1. The summed E-state index contributed by atoms with van der Waals surface area (Å²) in [6.45, 7) is 4.04. The van der Waals surface area contributed by atoms with Crippen LogP contribution in [-0.2, 0) is 16.2 Å². The third-order valence-corrected chi connectivity index (χ3v) is 6.95. The van der Waals surface area contributed by atoms with Gasteiger partial charge >= 0.3 is 5.97 Å². The Balaban J connectivity index is 1.68. The molecule has 2 aromatic heterocycles. The number of hydrogen-bond donors (Lipinski definition) is 0. The number of non-ortho nitro benzene ring substituents is 1. The number of carbonyl (C=O) groups is 2. The summed E-state index contributed by atoms with van der Waals surface area (Å²) in [5.74, 6) is -0.617. The number of nitrogens with zero attached hydrogens (tertiary/aromatic N) is 3. The van der Waals surface area contributed by atoms with Gasteiger partial charge in [0.15, 0.2) is 0 Å². The van der Waals surface area contributed by atoms with E-state index in [-0.39, 0.29) is 11.5 Å². The van der Waals surface area contributed by atoms with Crippen LogP contribution in [0.3, 0.4) is 0 Å². The van der Waals surface area contributed by atoms with Crippen molar-refractivity contribution in [3.8, 4) is 0 Å². The molecular weight excluding hydrogens is 490 g/mol. The summed E-state index contributed by atoms with van der Waals surface area (Å²) >= 11 is 1.41. The minimum Gasteiger partial charge on any atom is -0.341 e. The Bertz CT molecular complexity index is 1700. The number of aryl methyl sites for hydroxylation is 1. The fraction of sp³-hybridized carbons (Fsp3) is 0.107.